The third kappa shape index (κ3) is 4.03. The van der Waals surface area contributed by atoms with Gasteiger partial charge < -0.3 is 15.0 Å². The van der Waals surface area contributed by atoms with Crippen LogP contribution in [0.4, 0.5) is 30.5 Å². The molecule has 0 aliphatic carbocycles. The van der Waals surface area contributed by atoms with E-state index in [4.69, 9.17) is 4.74 Å². The molecule has 3 aromatic rings. The van der Waals surface area contributed by atoms with E-state index in [-0.39, 0.29) is 40.2 Å². The average molecular weight is 428 g/mol. The number of nitrogens with one attached hydrogen (secondary N) is 1. The Morgan fingerprint density at radius 3 is 2.65 bits per heavy atom. The number of benzene rings is 2. The topological polar surface area (TPSA) is 67.3 Å². The van der Waals surface area contributed by atoms with Gasteiger partial charge in [-0.25, -0.2) is 23.1 Å². The number of rotatable bonds is 5. The fourth-order valence-electron chi connectivity index (χ4n) is 3.43. The largest absolute Gasteiger partial charge is 0.486 e. The van der Waals surface area contributed by atoms with Crippen molar-refractivity contribution < 1.29 is 22.7 Å². The van der Waals surface area contributed by atoms with E-state index >= 15 is 0 Å². The highest BCUT2D eigenvalue weighted by Gasteiger charge is 2.25. The Kier molecular flexibility index (Phi) is 5.50. The number of carbonyl (C=O) groups excluding carboxylic acids is 1. The van der Waals surface area contributed by atoms with Gasteiger partial charge in [0.25, 0.3) is 0 Å². The lowest BCUT2D eigenvalue weighted by Crippen LogP contribution is -2.38. The van der Waals surface area contributed by atoms with Crippen molar-refractivity contribution in [3.8, 4) is 17.0 Å². The molecule has 1 aromatic heterocycles. The Morgan fingerprint density at radius 1 is 1.13 bits per heavy atom. The minimum Gasteiger partial charge on any atom is -0.486 e. The lowest BCUT2D eigenvalue weighted by atomic mass is 10.1. The highest BCUT2D eigenvalue weighted by atomic mass is 19.1. The zero-order valence-electron chi connectivity index (χ0n) is 16.8. The lowest BCUT2D eigenvalue weighted by Gasteiger charge is -2.34. The number of hydrogen-bond acceptors (Lipinski definition) is 6. The molecule has 2 heterocycles. The zero-order valence-corrected chi connectivity index (χ0v) is 16.8. The van der Waals surface area contributed by atoms with Gasteiger partial charge in [0.2, 0.25) is 5.95 Å². The Bertz CT molecular complexity index is 1150. The van der Waals surface area contributed by atoms with E-state index in [2.05, 4.69) is 15.3 Å². The van der Waals surface area contributed by atoms with Crippen LogP contribution in [0.5, 0.6) is 5.75 Å². The summed E-state index contributed by atoms with van der Waals surface area (Å²) in [5.41, 5.74) is 0.816. The van der Waals surface area contributed by atoms with Crippen molar-refractivity contribution in [1.82, 2.24) is 9.97 Å². The van der Waals surface area contributed by atoms with Crippen LogP contribution in [0.2, 0.25) is 0 Å². The van der Waals surface area contributed by atoms with Gasteiger partial charge in [0, 0.05) is 17.3 Å². The van der Waals surface area contributed by atoms with Gasteiger partial charge in [-0.1, -0.05) is 0 Å². The van der Waals surface area contributed by atoms with Crippen molar-refractivity contribution in [3.63, 3.8) is 0 Å². The van der Waals surface area contributed by atoms with E-state index < -0.39 is 17.5 Å². The summed E-state index contributed by atoms with van der Waals surface area (Å²) in [6, 6.07) is 6.76. The molecule has 0 amide bonds. The summed E-state index contributed by atoms with van der Waals surface area (Å²) in [6.07, 6.45) is 1.36. The molecule has 1 N–H and O–H groups in total. The lowest BCUT2D eigenvalue weighted by molar-refractivity contribution is 0.112. The van der Waals surface area contributed by atoms with Gasteiger partial charge in [-0.2, -0.15) is 0 Å². The third-order valence-electron chi connectivity index (χ3n) is 4.94. The summed E-state index contributed by atoms with van der Waals surface area (Å²) >= 11 is 0. The van der Waals surface area contributed by atoms with Crippen molar-refractivity contribution in [3.05, 3.63) is 59.5 Å². The van der Waals surface area contributed by atoms with Crippen molar-refractivity contribution in [2.75, 3.05) is 23.4 Å². The minimum atomic E-state index is -0.736. The van der Waals surface area contributed by atoms with E-state index in [1.54, 1.807) is 6.07 Å². The monoisotopic (exact) mass is 428 g/mol. The predicted molar refractivity (Wildman–Crippen MR) is 110 cm³/mol. The summed E-state index contributed by atoms with van der Waals surface area (Å²) in [5, 5.41) is 2.76. The van der Waals surface area contributed by atoms with Crippen LogP contribution >= 0.6 is 0 Å². The van der Waals surface area contributed by atoms with Crippen LogP contribution in [0.3, 0.4) is 0 Å². The molecule has 1 aliphatic rings. The molecule has 0 unspecified atom stereocenters. The summed E-state index contributed by atoms with van der Waals surface area (Å²) in [5.74, 6) is -1.95. The molecular weight excluding hydrogens is 409 g/mol. The SMILES string of the molecule is CC(C)N1CCOc2c(F)cc(-c3nc(Nc4ccc(C=O)c(F)c4)ncc3F)cc21. The highest BCUT2D eigenvalue weighted by Crippen LogP contribution is 2.39. The quantitative estimate of drug-likeness (QED) is 0.593. The molecule has 0 spiro atoms. The molecule has 1 aliphatic heterocycles. The first-order chi connectivity index (χ1) is 14.9. The Labute approximate surface area is 176 Å². The second-order valence-corrected chi connectivity index (χ2v) is 7.31. The Hall–Kier alpha value is -3.62. The smallest absolute Gasteiger partial charge is 0.227 e. The highest BCUT2D eigenvalue weighted by molar-refractivity contribution is 5.77. The van der Waals surface area contributed by atoms with Crippen LogP contribution in [0.1, 0.15) is 24.2 Å². The first-order valence-electron chi connectivity index (χ1n) is 9.65. The van der Waals surface area contributed by atoms with Crippen LogP contribution in [0.25, 0.3) is 11.3 Å². The van der Waals surface area contributed by atoms with Crippen molar-refractivity contribution in [2.45, 2.75) is 19.9 Å². The average Bonchev–Trinajstić information content (AvgIpc) is 2.74. The van der Waals surface area contributed by atoms with E-state index in [9.17, 15) is 18.0 Å². The van der Waals surface area contributed by atoms with Crippen molar-refractivity contribution >= 4 is 23.6 Å². The van der Waals surface area contributed by atoms with Gasteiger partial charge in [0.15, 0.2) is 23.7 Å². The fraction of sp³-hybridized carbons (Fsp3) is 0.227. The van der Waals surface area contributed by atoms with Gasteiger partial charge in [-0.15, -0.1) is 0 Å². The second-order valence-electron chi connectivity index (χ2n) is 7.31. The molecule has 0 atom stereocenters. The van der Waals surface area contributed by atoms with Crippen molar-refractivity contribution in [1.29, 1.82) is 0 Å². The predicted octanol–water partition coefficient (Wildman–Crippen LogP) is 4.72. The van der Waals surface area contributed by atoms with Crippen molar-refractivity contribution in [2.24, 2.45) is 0 Å². The zero-order chi connectivity index (χ0) is 22.1. The summed E-state index contributed by atoms with van der Waals surface area (Å²) in [6.45, 7) is 4.88. The minimum absolute atomic E-state index is 0.00949. The number of aromatic nitrogens is 2. The summed E-state index contributed by atoms with van der Waals surface area (Å²) in [7, 11) is 0. The molecule has 4 rings (SSSR count). The maximum atomic E-state index is 14.7. The van der Waals surface area contributed by atoms with Crippen LogP contribution in [-0.2, 0) is 0 Å². The van der Waals surface area contributed by atoms with Crippen LogP contribution in [0, 0.1) is 17.5 Å². The summed E-state index contributed by atoms with van der Waals surface area (Å²) in [4.78, 5) is 20.8. The first kappa shape index (κ1) is 20.6. The molecule has 9 heteroatoms. The molecule has 0 fully saturated rings. The molecule has 160 valence electrons. The van der Waals surface area contributed by atoms with E-state index in [1.165, 1.54) is 12.1 Å². The molecule has 0 bridgehead atoms. The maximum absolute atomic E-state index is 14.7. The number of fused-ring (bicyclic) bond motifs is 1. The number of anilines is 3. The standard InChI is InChI=1S/C22H19F3N4O2/c1-12(2)29-5-6-31-21-17(24)7-14(8-19(21)29)20-18(25)10-26-22(28-20)27-15-4-3-13(11-30)16(23)9-15/h3-4,7-12H,5-6H2,1-2H3,(H,26,27,28). The van der Waals surface area contributed by atoms with Crippen LogP contribution in [-0.4, -0.2) is 35.4 Å². The Morgan fingerprint density at radius 2 is 1.94 bits per heavy atom. The van der Waals surface area contributed by atoms with E-state index in [1.807, 2.05) is 18.7 Å². The molecule has 0 radical (unpaired) electrons. The van der Waals surface area contributed by atoms with Gasteiger partial charge in [-0.05, 0) is 44.2 Å². The molecule has 31 heavy (non-hydrogen) atoms. The number of hydrogen-bond donors (Lipinski definition) is 1. The number of ether oxygens (including phenoxy) is 1. The maximum Gasteiger partial charge on any atom is 0.227 e. The Balaban J connectivity index is 1.72. The van der Waals surface area contributed by atoms with E-state index in [0.29, 0.717) is 25.1 Å². The molecule has 0 saturated carbocycles. The number of nitrogens with zero attached hydrogens (tertiary/aromatic N) is 3. The second kappa shape index (κ2) is 8.25. The molecule has 6 nitrogen and oxygen atoms in total. The van der Waals surface area contributed by atoms with Gasteiger partial charge in [0.05, 0.1) is 24.0 Å². The van der Waals surface area contributed by atoms with Crippen LogP contribution < -0.4 is 15.0 Å². The number of aldehydes is 1. The normalized spacial score (nSPS) is 13.0. The van der Waals surface area contributed by atoms with Crippen LogP contribution in [0.15, 0.2) is 36.5 Å². The third-order valence-corrected chi connectivity index (χ3v) is 4.94. The fourth-order valence-corrected chi connectivity index (χ4v) is 3.43. The first-order valence-corrected chi connectivity index (χ1v) is 9.65. The molecule has 0 saturated heterocycles. The molecular formula is C22H19F3N4O2. The number of halogens is 3. The van der Waals surface area contributed by atoms with Gasteiger partial charge in [0.1, 0.15) is 18.1 Å². The van der Waals surface area contributed by atoms with E-state index in [0.717, 1.165) is 18.3 Å². The van der Waals surface area contributed by atoms with Gasteiger partial charge in [-0.3, -0.25) is 4.79 Å². The number of carbonyl (C=O) groups is 1. The summed E-state index contributed by atoms with van der Waals surface area (Å²) < 4.78 is 48.6. The van der Waals surface area contributed by atoms with Gasteiger partial charge >= 0.3 is 0 Å². The molecule has 2 aromatic carbocycles.